The maximum atomic E-state index is 5.56. The number of benzene rings is 1. The summed E-state index contributed by atoms with van der Waals surface area (Å²) < 4.78 is 7.70. The van der Waals surface area contributed by atoms with E-state index in [1.54, 1.807) is 0 Å². The van der Waals surface area contributed by atoms with Gasteiger partial charge in [-0.2, -0.15) is 0 Å². The Kier molecular flexibility index (Phi) is 3.51. The van der Waals surface area contributed by atoms with E-state index in [4.69, 9.17) is 4.74 Å². The van der Waals surface area contributed by atoms with Crippen LogP contribution in [0.15, 0.2) is 36.8 Å². The van der Waals surface area contributed by atoms with Gasteiger partial charge < -0.3 is 14.6 Å². The summed E-state index contributed by atoms with van der Waals surface area (Å²) in [6.45, 7) is 3.77. The smallest absolute Gasteiger partial charge is 0.121 e. The van der Waals surface area contributed by atoms with Crippen molar-refractivity contribution in [3.63, 3.8) is 0 Å². The summed E-state index contributed by atoms with van der Waals surface area (Å²) in [5.41, 5.74) is 2.33. The van der Waals surface area contributed by atoms with E-state index in [1.165, 1.54) is 18.5 Å². The molecule has 0 amide bonds. The minimum absolute atomic E-state index is 0.415. The predicted octanol–water partition coefficient (Wildman–Crippen LogP) is 2.70. The second-order valence-corrected chi connectivity index (χ2v) is 4.77. The fourth-order valence-corrected chi connectivity index (χ4v) is 2.61. The highest BCUT2D eigenvalue weighted by atomic mass is 16.5. The summed E-state index contributed by atoms with van der Waals surface area (Å²) >= 11 is 0. The first-order valence-electron chi connectivity index (χ1n) is 6.87. The minimum Gasteiger partial charge on any atom is -0.494 e. The molecule has 0 saturated carbocycles. The first-order chi connectivity index (χ1) is 9.38. The molecular weight excluding hydrogens is 238 g/mol. The van der Waals surface area contributed by atoms with Gasteiger partial charge in [0.25, 0.3) is 0 Å². The zero-order chi connectivity index (χ0) is 13.1. The molecule has 4 heteroatoms. The van der Waals surface area contributed by atoms with Crippen LogP contribution in [0.4, 0.5) is 0 Å². The van der Waals surface area contributed by atoms with Crippen molar-refractivity contribution < 1.29 is 4.74 Å². The molecule has 4 nitrogen and oxygen atoms in total. The molecule has 1 aromatic carbocycles. The summed E-state index contributed by atoms with van der Waals surface area (Å²) in [6, 6.07) is 8.56. The van der Waals surface area contributed by atoms with Crippen molar-refractivity contribution in [3.05, 3.63) is 42.5 Å². The fourth-order valence-electron chi connectivity index (χ4n) is 2.61. The van der Waals surface area contributed by atoms with E-state index >= 15 is 0 Å². The van der Waals surface area contributed by atoms with E-state index in [0.717, 1.165) is 18.0 Å². The summed E-state index contributed by atoms with van der Waals surface area (Å²) in [5, 5.41) is 3.52. The third-order valence-corrected chi connectivity index (χ3v) is 3.49. The fraction of sp³-hybridized carbons (Fsp3) is 0.400. The van der Waals surface area contributed by atoms with Crippen LogP contribution in [0.2, 0.25) is 0 Å². The number of nitrogens with zero attached hydrogens (tertiary/aromatic N) is 2. The maximum absolute atomic E-state index is 5.56. The molecule has 19 heavy (non-hydrogen) atoms. The van der Waals surface area contributed by atoms with Gasteiger partial charge in [0, 0.05) is 12.1 Å². The molecule has 3 rings (SSSR count). The Hall–Kier alpha value is -1.81. The van der Waals surface area contributed by atoms with E-state index in [2.05, 4.69) is 27.0 Å². The lowest BCUT2D eigenvalue weighted by molar-refractivity contribution is 0.340. The molecule has 1 fully saturated rings. The molecule has 0 aliphatic carbocycles. The number of nitrogens with one attached hydrogen (secondary N) is 1. The summed E-state index contributed by atoms with van der Waals surface area (Å²) in [5.74, 6) is 0.902. The molecule has 1 N–H and O–H groups in total. The number of imidazole rings is 1. The number of hydrogen-bond acceptors (Lipinski definition) is 3. The molecule has 1 saturated heterocycles. The summed E-state index contributed by atoms with van der Waals surface area (Å²) in [4.78, 5) is 4.30. The highest BCUT2D eigenvalue weighted by Gasteiger charge is 2.20. The van der Waals surface area contributed by atoms with Crippen molar-refractivity contribution in [3.8, 4) is 11.4 Å². The third-order valence-electron chi connectivity index (χ3n) is 3.49. The van der Waals surface area contributed by atoms with Gasteiger partial charge in [0.05, 0.1) is 30.5 Å². The Morgan fingerprint density at radius 2 is 2.42 bits per heavy atom. The largest absolute Gasteiger partial charge is 0.494 e. The van der Waals surface area contributed by atoms with Crippen molar-refractivity contribution in [2.75, 3.05) is 13.2 Å². The Morgan fingerprint density at radius 3 is 3.21 bits per heavy atom. The van der Waals surface area contributed by atoms with Crippen LogP contribution in [-0.4, -0.2) is 22.7 Å². The van der Waals surface area contributed by atoms with Crippen LogP contribution >= 0.6 is 0 Å². The molecule has 1 unspecified atom stereocenters. The van der Waals surface area contributed by atoms with Gasteiger partial charge in [0.1, 0.15) is 5.75 Å². The molecule has 2 aromatic rings. The van der Waals surface area contributed by atoms with E-state index in [9.17, 15) is 0 Å². The molecule has 0 bridgehead atoms. The van der Waals surface area contributed by atoms with Crippen LogP contribution < -0.4 is 10.1 Å². The van der Waals surface area contributed by atoms with E-state index in [0.29, 0.717) is 12.6 Å². The number of ether oxygens (including phenoxy) is 1. The van der Waals surface area contributed by atoms with Gasteiger partial charge in [-0.3, -0.25) is 0 Å². The van der Waals surface area contributed by atoms with Gasteiger partial charge in [-0.05, 0) is 38.4 Å². The second-order valence-electron chi connectivity index (χ2n) is 4.77. The van der Waals surface area contributed by atoms with Gasteiger partial charge in [0.15, 0.2) is 0 Å². The van der Waals surface area contributed by atoms with Gasteiger partial charge in [0.2, 0.25) is 0 Å². The Labute approximate surface area is 113 Å². The third kappa shape index (κ3) is 2.49. The van der Waals surface area contributed by atoms with Crippen LogP contribution in [0.5, 0.6) is 5.75 Å². The molecular formula is C15H19N3O. The highest BCUT2D eigenvalue weighted by molar-refractivity contribution is 5.41. The SMILES string of the molecule is CCOc1cccc(-n2cncc2C2CCCN2)c1. The lowest BCUT2D eigenvalue weighted by Gasteiger charge is -2.14. The summed E-state index contributed by atoms with van der Waals surface area (Å²) in [6.07, 6.45) is 6.24. The van der Waals surface area contributed by atoms with Crippen molar-refractivity contribution in [1.29, 1.82) is 0 Å². The predicted molar refractivity (Wildman–Crippen MR) is 74.7 cm³/mol. The average molecular weight is 257 g/mol. The van der Waals surface area contributed by atoms with Crippen molar-refractivity contribution >= 4 is 0 Å². The quantitative estimate of drug-likeness (QED) is 0.915. The zero-order valence-corrected chi connectivity index (χ0v) is 11.2. The van der Waals surface area contributed by atoms with Crippen molar-refractivity contribution in [1.82, 2.24) is 14.9 Å². The van der Waals surface area contributed by atoms with Crippen molar-refractivity contribution in [2.24, 2.45) is 0 Å². The molecule has 0 radical (unpaired) electrons. The van der Waals surface area contributed by atoms with Crippen LogP contribution in [0.3, 0.4) is 0 Å². The van der Waals surface area contributed by atoms with E-state index in [-0.39, 0.29) is 0 Å². The molecule has 1 aliphatic heterocycles. The first-order valence-corrected chi connectivity index (χ1v) is 6.87. The van der Waals surface area contributed by atoms with Crippen LogP contribution in [-0.2, 0) is 0 Å². The minimum atomic E-state index is 0.415. The molecule has 2 heterocycles. The van der Waals surface area contributed by atoms with E-state index in [1.807, 2.05) is 31.6 Å². The zero-order valence-electron chi connectivity index (χ0n) is 11.2. The first kappa shape index (κ1) is 12.2. The standard InChI is InChI=1S/C15H19N3O/c1-2-19-13-6-3-5-12(9-13)18-11-16-10-15(18)14-7-4-8-17-14/h3,5-6,9-11,14,17H,2,4,7-8H2,1H3. The second kappa shape index (κ2) is 5.45. The topological polar surface area (TPSA) is 39.1 Å². The molecule has 100 valence electrons. The van der Waals surface area contributed by atoms with Gasteiger partial charge in [-0.25, -0.2) is 4.98 Å². The molecule has 0 spiro atoms. The van der Waals surface area contributed by atoms with Crippen LogP contribution in [0, 0.1) is 0 Å². The highest BCUT2D eigenvalue weighted by Crippen LogP contribution is 2.26. The van der Waals surface area contributed by atoms with Crippen LogP contribution in [0.25, 0.3) is 5.69 Å². The average Bonchev–Trinajstić information content (AvgIpc) is 3.10. The number of hydrogen-bond donors (Lipinski definition) is 1. The summed E-state index contributed by atoms with van der Waals surface area (Å²) in [7, 11) is 0. The normalized spacial score (nSPS) is 18.7. The maximum Gasteiger partial charge on any atom is 0.121 e. The van der Waals surface area contributed by atoms with E-state index < -0.39 is 0 Å². The Morgan fingerprint density at radius 1 is 1.47 bits per heavy atom. The van der Waals surface area contributed by atoms with Gasteiger partial charge in [-0.1, -0.05) is 6.07 Å². The van der Waals surface area contributed by atoms with Gasteiger partial charge in [-0.15, -0.1) is 0 Å². The Bertz CT molecular complexity index is 544. The van der Waals surface area contributed by atoms with Crippen LogP contribution in [0.1, 0.15) is 31.5 Å². The van der Waals surface area contributed by atoms with Crippen molar-refractivity contribution in [2.45, 2.75) is 25.8 Å². The number of aromatic nitrogens is 2. The number of rotatable bonds is 4. The molecule has 1 aromatic heterocycles. The monoisotopic (exact) mass is 257 g/mol. The lowest BCUT2D eigenvalue weighted by Crippen LogP contribution is -2.16. The van der Waals surface area contributed by atoms with Gasteiger partial charge >= 0.3 is 0 Å². The Balaban J connectivity index is 1.93. The molecule has 1 aliphatic rings. The lowest BCUT2D eigenvalue weighted by atomic mass is 10.1. The molecule has 1 atom stereocenters.